The molecule has 0 radical (unpaired) electrons. The summed E-state index contributed by atoms with van der Waals surface area (Å²) in [6, 6.07) is 0. The van der Waals surface area contributed by atoms with Gasteiger partial charge in [0.2, 0.25) is 0 Å². The molecule has 0 aliphatic carbocycles. The fourth-order valence-electron chi connectivity index (χ4n) is 5.48. The van der Waals surface area contributed by atoms with E-state index in [0.29, 0.717) is 0 Å². The van der Waals surface area contributed by atoms with E-state index < -0.39 is 143 Å². The second-order valence-electron chi connectivity index (χ2n) is 10.0. The van der Waals surface area contributed by atoms with Crippen LogP contribution < -0.4 is 40.7 Å². The van der Waals surface area contributed by atoms with Crippen molar-refractivity contribution in [1.29, 1.82) is 0 Å². The SMILES string of the molecule is Cc1c(F)c(F)c(F)c([B-](c2c(F)c(C)c(F)c(F)c2F)(c2c(F)c(C)c(F)c(F)c2F)c2c(F)c(C)c(F)c(F)c2F)c1F.[Li+]. The number of benzene rings is 4. The van der Waals surface area contributed by atoms with E-state index in [9.17, 15) is 35.1 Å². The van der Waals surface area contributed by atoms with Gasteiger partial charge in [0.05, 0.1) is 23.3 Å². The van der Waals surface area contributed by atoms with Gasteiger partial charge in [-0.15, -0.1) is 21.9 Å². The van der Waals surface area contributed by atoms with Crippen LogP contribution in [0.25, 0.3) is 0 Å². The molecule has 0 saturated heterocycles. The first-order valence-electron chi connectivity index (χ1n) is 12.2. The summed E-state index contributed by atoms with van der Waals surface area (Å²) in [5.74, 6) is -44.5. The van der Waals surface area contributed by atoms with Crippen molar-refractivity contribution >= 4 is 28.0 Å². The van der Waals surface area contributed by atoms with Gasteiger partial charge in [-0.3, -0.25) is 0 Å². The molecule has 46 heavy (non-hydrogen) atoms. The van der Waals surface area contributed by atoms with E-state index in [4.69, 9.17) is 0 Å². The van der Waals surface area contributed by atoms with E-state index in [1.54, 1.807) is 0 Å². The van der Waals surface area contributed by atoms with Crippen molar-refractivity contribution in [2.24, 2.45) is 0 Å². The van der Waals surface area contributed by atoms with E-state index in [1.807, 2.05) is 0 Å². The van der Waals surface area contributed by atoms with E-state index in [0.717, 1.165) is 0 Å². The molecule has 4 aromatic carbocycles. The Labute approximate surface area is 260 Å². The standard InChI is InChI=1S/C28H12BF16.Li/c1-5-13(30)9(21(38)25(42)17(5)34)29(10-14(31)6(2)18(35)26(43)22(10)39,11-15(32)7(3)19(36)27(44)23(11)40)12-16(33)8(4)20(37)28(45)24(12)41;/h1-4H3;/q-1;+1. The second kappa shape index (κ2) is 12.2. The molecule has 0 unspecified atom stereocenters. The van der Waals surface area contributed by atoms with Crippen molar-refractivity contribution in [2.75, 3.05) is 0 Å². The van der Waals surface area contributed by atoms with E-state index in [1.165, 1.54) is 0 Å². The van der Waals surface area contributed by atoms with Crippen molar-refractivity contribution in [1.82, 2.24) is 0 Å². The van der Waals surface area contributed by atoms with Gasteiger partial charge >= 0.3 is 18.9 Å². The topological polar surface area (TPSA) is 0 Å². The zero-order valence-electron chi connectivity index (χ0n) is 23.6. The van der Waals surface area contributed by atoms with E-state index >= 15 is 35.1 Å². The summed E-state index contributed by atoms with van der Waals surface area (Å²) in [4.78, 5) is 0. The minimum absolute atomic E-state index is 0. The Hall–Kier alpha value is -3.58. The maximum atomic E-state index is 16.0. The van der Waals surface area contributed by atoms with Gasteiger partial charge < -0.3 is 0 Å². The molecule has 4 aromatic rings. The first-order chi connectivity index (χ1) is 20.7. The van der Waals surface area contributed by atoms with Gasteiger partial charge in [0.25, 0.3) is 0 Å². The van der Waals surface area contributed by atoms with Crippen LogP contribution in [-0.4, -0.2) is 6.15 Å². The minimum Gasteiger partial charge on any atom is -0.210 e. The van der Waals surface area contributed by atoms with Crippen LogP contribution in [0.5, 0.6) is 0 Å². The van der Waals surface area contributed by atoms with Crippen molar-refractivity contribution in [3.63, 3.8) is 0 Å². The maximum absolute atomic E-state index is 16.0. The Morgan fingerprint density at radius 3 is 0.543 bits per heavy atom. The van der Waals surface area contributed by atoms with Crippen molar-refractivity contribution < 1.29 is 89.1 Å². The molecule has 0 fully saturated rings. The maximum Gasteiger partial charge on any atom is 1.00 e. The van der Waals surface area contributed by atoms with Crippen LogP contribution in [0.3, 0.4) is 0 Å². The van der Waals surface area contributed by atoms with Gasteiger partial charge in [-0.2, -0.15) is 0 Å². The normalized spacial score (nSPS) is 11.7. The summed E-state index contributed by atoms with van der Waals surface area (Å²) in [5, 5.41) is 0. The molecule has 4 rings (SSSR count). The van der Waals surface area contributed by atoms with Gasteiger partial charge in [0, 0.05) is 22.3 Å². The summed E-state index contributed by atoms with van der Waals surface area (Å²) in [7, 11) is 0. The Morgan fingerprint density at radius 2 is 0.391 bits per heavy atom. The number of hydrogen-bond acceptors (Lipinski definition) is 0. The van der Waals surface area contributed by atoms with Gasteiger partial charge in [-0.25, -0.2) is 70.2 Å². The smallest absolute Gasteiger partial charge is 0.210 e. The molecule has 0 aliphatic heterocycles. The molecule has 0 heterocycles. The van der Waals surface area contributed by atoms with Gasteiger partial charge in [0.1, 0.15) is 29.4 Å². The Kier molecular flexibility index (Phi) is 9.80. The van der Waals surface area contributed by atoms with Crippen LogP contribution in [0.15, 0.2) is 0 Å². The average Bonchev–Trinajstić information content (AvgIpc) is 3.00. The molecule has 0 aliphatic rings. The third-order valence-electron chi connectivity index (χ3n) is 7.80. The number of halogens is 16. The summed E-state index contributed by atoms with van der Waals surface area (Å²) in [6.07, 6.45) is -6.26. The summed E-state index contributed by atoms with van der Waals surface area (Å²) >= 11 is 0. The van der Waals surface area contributed by atoms with Crippen molar-refractivity contribution in [3.05, 3.63) is 115 Å². The number of hydrogen-bond donors (Lipinski definition) is 0. The first-order valence-corrected chi connectivity index (χ1v) is 12.2. The Morgan fingerprint density at radius 1 is 0.239 bits per heavy atom. The third kappa shape index (κ3) is 4.63. The molecular formula is C28H12BF16Li. The van der Waals surface area contributed by atoms with Crippen LogP contribution in [0.2, 0.25) is 0 Å². The molecule has 240 valence electrons. The molecule has 0 aromatic heterocycles. The molecule has 0 spiro atoms. The quantitative estimate of drug-likeness (QED) is 0.135. The van der Waals surface area contributed by atoms with Gasteiger partial charge in [-0.05, 0) is 27.7 Å². The summed E-state index contributed by atoms with van der Waals surface area (Å²) < 4.78 is 245. The number of rotatable bonds is 4. The van der Waals surface area contributed by atoms with Crippen LogP contribution >= 0.6 is 0 Å². The monoisotopic (exact) mass is 670 g/mol. The van der Waals surface area contributed by atoms with E-state index in [2.05, 4.69) is 0 Å². The predicted octanol–water partition coefficient (Wildman–Crippen LogP) is 3.53. The van der Waals surface area contributed by atoms with Gasteiger partial charge in [-0.1, -0.05) is 0 Å². The zero-order chi connectivity index (χ0) is 34.4. The summed E-state index contributed by atoms with van der Waals surface area (Å²) in [6.45, 7) is 0.973. The second-order valence-corrected chi connectivity index (χ2v) is 10.0. The van der Waals surface area contributed by atoms with Crippen LogP contribution in [0.1, 0.15) is 22.3 Å². The molecule has 0 N–H and O–H groups in total. The van der Waals surface area contributed by atoms with Crippen molar-refractivity contribution in [3.8, 4) is 0 Å². The van der Waals surface area contributed by atoms with Crippen LogP contribution in [0.4, 0.5) is 70.2 Å². The Bertz CT molecular complexity index is 1570. The van der Waals surface area contributed by atoms with Crippen LogP contribution in [-0.2, 0) is 0 Å². The third-order valence-corrected chi connectivity index (χ3v) is 7.80. The average molecular weight is 670 g/mol. The molecular weight excluding hydrogens is 658 g/mol. The Balaban J connectivity index is 0.00000576. The zero-order valence-corrected chi connectivity index (χ0v) is 23.6. The fourth-order valence-corrected chi connectivity index (χ4v) is 5.48. The first kappa shape index (κ1) is 36.9. The molecule has 0 saturated carbocycles. The molecule has 0 nitrogen and oxygen atoms in total. The van der Waals surface area contributed by atoms with Gasteiger partial charge in [0.15, 0.2) is 46.5 Å². The molecule has 0 atom stereocenters. The fraction of sp³-hybridized carbons (Fsp3) is 0.143. The van der Waals surface area contributed by atoms with Crippen LogP contribution in [0, 0.1) is 121 Å². The summed E-state index contributed by atoms with van der Waals surface area (Å²) in [5.41, 5.74) is -17.8. The van der Waals surface area contributed by atoms with E-state index in [-0.39, 0.29) is 46.6 Å². The molecule has 18 heteroatoms. The largest absolute Gasteiger partial charge is 1.00 e. The molecule has 0 bridgehead atoms. The predicted molar refractivity (Wildman–Crippen MR) is 128 cm³/mol. The molecule has 0 amide bonds. The van der Waals surface area contributed by atoms with Crippen molar-refractivity contribution in [2.45, 2.75) is 27.7 Å². The minimum atomic E-state index is -6.26.